The second-order valence-electron chi connectivity index (χ2n) is 6.91. The number of halogens is 2. The molecule has 1 aliphatic carbocycles. The quantitative estimate of drug-likeness (QED) is 0.645. The highest BCUT2D eigenvalue weighted by Gasteiger charge is 2.26. The van der Waals surface area contributed by atoms with Crippen LogP contribution in [-0.2, 0) is 6.42 Å². The molecule has 1 N–H and O–H groups in total. The third-order valence-corrected chi connectivity index (χ3v) is 4.82. The Labute approximate surface area is 161 Å². The van der Waals surface area contributed by atoms with Crippen molar-refractivity contribution in [2.24, 2.45) is 0 Å². The van der Waals surface area contributed by atoms with E-state index in [-0.39, 0.29) is 11.7 Å². The number of para-hydroxylation sites is 1. The van der Waals surface area contributed by atoms with Gasteiger partial charge in [0, 0.05) is 23.5 Å². The van der Waals surface area contributed by atoms with E-state index in [2.05, 4.69) is 10.1 Å². The van der Waals surface area contributed by atoms with Crippen LogP contribution in [0.1, 0.15) is 40.4 Å². The molecule has 1 saturated carbocycles. The van der Waals surface area contributed by atoms with E-state index in [9.17, 15) is 13.6 Å². The van der Waals surface area contributed by atoms with E-state index in [1.165, 1.54) is 12.1 Å². The molecular formula is C22H20F2N2O2. The first kappa shape index (κ1) is 18.3. The van der Waals surface area contributed by atoms with Crippen LogP contribution in [0.15, 0.2) is 54.6 Å². The number of fused-ring (bicyclic) bond motifs is 1. The number of nitrogens with zero attached hydrogens (tertiary/aromatic N) is 1. The molecule has 3 aromatic rings. The van der Waals surface area contributed by atoms with Gasteiger partial charge in [0.25, 0.3) is 5.91 Å². The molecule has 0 saturated heterocycles. The number of amides is 1. The van der Waals surface area contributed by atoms with Crippen molar-refractivity contribution in [1.82, 2.24) is 10.3 Å². The summed E-state index contributed by atoms with van der Waals surface area (Å²) in [5.41, 5.74) is 3.40. The Morgan fingerprint density at radius 2 is 1.89 bits per heavy atom. The highest BCUT2D eigenvalue weighted by atomic mass is 19.3. The summed E-state index contributed by atoms with van der Waals surface area (Å²) in [7, 11) is 0. The van der Waals surface area contributed by atoms with Crippen LogP contribution in [0.4, 0.5) is 8.78 Å². The fourth-order valence-corrected chi connectivity index (χ4v) is 3.23. The van der Waals surface area contributed by atoms with Crippen molar-refractivity contribution >= 4 is 16.8 Å². The number of carbonyl (C=O) groups excluding carboxylic acids is 1. The molecule has 28 heavy (non-hydrogen) atoms. The van der Waals surface area contributed by atoms with E-state index in [1.807, 2.05) is 30.3 Å². The summed E-state index contributed by atoms with van der Waals surface area (Å²) in [6.45, 7) is -2.38. The average molecular weight is 382 g/mol. The van der Waals surface area contributed by atoms with Crippen molar-refractivity contribution in [3.05, 3.63) is 71.4 Å². The first-order valence-electron chi connectivity index (χ1n) is 9.32. The third-order valence-electron chi connectivity index (χ3n) is 4.82. The molecule has 0 atom stereocenters. The van der Waals surface area contributed by atoms with Gasteiger partial charge in [0.15, 0.2) is 0 Å². The van der Waals surface area contributed by atoms with Gasteiger partial charge in [-0.1, -0.05) is 30.3 Å². The lowest BCUT2D eigenvalue weighted by molar-refractivity contribution is -0.0498. The lowest BCUT2D eigenvalue weighted by Gasteiger charge is -2.10. The molecule has 1 amide bonds. The van der Waals surface area contributed by atoms with Crippen LogP contribution < -0.4 is 10.1 Å². The van der Waals surface area contributed by atoms with Gasteiger partial charge in [-0.3, -0.25) is 9.78 Å². The van der Waals surface area contributed by atoms with Crippen LogP contribution in [0.3, 0.4) is 0 Å². The van der Waals surface area contributed by atoms with Crippen molar-refractivity contribution in [3.63, 3.8) is 0 Å². The van der Waals surface area contributed by atoms with Crippen molar-refractivity contribution in [2.75, 3.05) is 6.54 Å². The number of rotatable bonds is 7. The summed E-state index contributed by atoms with van der Waals surface area (Å²) in [6, 6.07) is 16.0. The highest BCUT2D eigenvalue weighted by molar-refractivity contribution is 6.06. The van der Waals surface area contributed by atoms with Gasteiger partial charge in [-0.15, -0.1) is 0 Å². The number of ether oxygens (including phenoxy) is 1. The normalized spacial score (nSPS) is 13.7. The predicted molar refractivity (Wildman–Crippen MR) is 103 cm³/mol. The molecule has 0 bridgehead atoms. The number of carbonyl (C=O) groups is 1. The Morgan fingerprint density at radius 3 is 2.61 bits per heavy atom. The van der Waals surface area contributed by atoms with Crippen LogP contribution >= 0.6 is 0 Å². The summed E-state index contributed by atoms with van der Waals surface area (Å²) in [5, 5.41) is 3.80. The van der Waals surface area contributed by atoms with E-state index in [4.69, 9.17) is 4.98 Å². The molecule has 0 aliphatic heterocycles. The molecule has 4 rings (SSSR count). The first-order valence-corrected chi connectivity index (χ1v) is 9.32. The Bertz CT molecular complexity index is 985. The smallest absolute Gasteiger partial charge is 0.387 e. The molecule has 144 valence electrons. The first-order chi connectivity index (χ1) is 13.6. The van der Waals surface area contributed by atoms with Gasteiger partial charge in [-0.05, 0) is 49.1 Å². The van der Waals surface area contributed by atoms with E-state index in [1.54, 1.807) is 12.1 Å². The minimum atomic E-state index is -2.83. The molecule has 1 aliphatic rings. The van der Waals surface area contributed by atoms with Crippen LogP contribution in [0.2, 0.25) is 0 Å². The van der Waals surface area contributed by atoms with E-state index >= 15 is 0 Å². The second-order valence-corrected chi connectivity index (χ2v) is 6.91. The minimum absolute atomic E-state index is 0.124. The van der Waals surface area contributed by atoms with E-state index < -0.39 is 6.61 Å². The number of hydrogen-bond acceptors (Lipinski definition) is 3. The maximum absolute atomic E-state index is 12.8. The fraction of sp³-hybridized carbons (Fsp3) is 0.273. The van der Waals surface area contributed by atoms with Crippen LogP contribution in [-0.4, -0.2) is 24.0 Å². The zero-order valence-electron chi connectivity index (χ0n) is 15.2. The summed E-state index contributed by atoms with van der Waals surface area (Å²) in [5.74, 6) is 0.460. The molecule has 6 heteroatoms. The summed E-state index contributed by atoms with van der Waals surface area (Å²) < 4.78 is 28.7. The Kier molecular flexibility index (Phi) is 5.19. The molecule has 0 unspecified atom stereocenters. The van der Waals surface area contributed by atoms with Crippen molar-refractivity contribution < 1.29 is 18.3 Å². The van der Waals surface area contributed by atoms with Gasteiger partial charge in [0.2, 0.25) is 0 Å². The maximum atomic E-state index is 12.8. The molecule has 2 aromatic carbocycles. The van der Waals surface area contributed by atoms with Crippen LogP contribution in [0, 0.1) is 0 Å². The molecule has 1 heterocycles. The molecule has 4 nitrogen and oxygen atoms in total. The summed E-state index contributed by atoms with van der Waals surface area (Å²) in [6.07, 6.45) is 2.84. The van der Waals surface area contributed by atoms with Gasteiger partial charge in [0.1, 0.15) is 5.75 Å². The maximum Gasteiger partial charge on any atom is 0.387 e. The van der Waals surface area contributed by atoms with E-state index in [0.717, 1.165) is 35.0 Å². The van der Waals surface area contributed by atoms with Gasteiger partial charge >= 0.3 is 6.61 Å². The number of nitrogens with one attached hydrogen (secondary N) is 1. The van der Waals surface area contributed by atoms with Crippen LogP contribution in [0.5, 0.6) is 5.75 Å². The largest absolute Gasteiger partial charge is 0.435 e. The third kappa shape index (κ3) is 4.27. The number of aromatic nitrogens is 1. The lowest BCUT2D eigenvalue weighted by atomic mass is 10.1. The van der Waals surface area contributed by atoms with Crippen molar-refractivity contribution in [3.8, 4) is 5.75 Å². The standard InChI is InChI=1S/C22H20F2N2O2/c23-22(24)28-16-9-5-14(6-10-16)11-12-25-21(27)18-13-20(15-7-8-15)26-19-4-2-1-3-17(18)19/h1-6,9-10,13,15,22H,7-8,11-12H2,(H,25,27). The zero-order chi connectivity index (χ0) is 19.5. The molecule has 1 fully saturated rings. The lowest BCUT2D eigenvalue weighted by Crippen LogP contribution is -2.26. The van der Waals surface area contributed by atoms with Gasteiger partial charge in [0.05, 0.1) is 11.1 Å². The van der Waals surface area contributed by atoms with Crippen molar-refractivity contribution in [1.29, 1.82) is 0 Å². The number of hydrogen-bond donors (Lipinski definition) is 1. The molecule has 0 radical (unpaired) electrons. The number of benzene rings is 2. The average Bonchev–Trinajstić information content (AvgIpc) is 3.53. The summed E-state index contributed by atoms with van der Waals surface area (Å²) >= 11 is 0. The Morgan fingerprint density at radius 1 is 1.14 bits per heavy atom. The second kappa shape index (κ2) is 7.92. The Hall–Kier alpha value is -3.02. The van der Waals surface area contributed by atoms with Crippen LogP contribution in [0.25, 0.3) is 10.9 Å². The van der Waals surface area contributed by atoms with E-state index in [0.29, 0.717) is 24.4 Å². The monoisotopic (exact) mass is 382 g/mol. The fourth-order valence-electron chi connectivity index (χ4n) is 3.23. The van der Waals surface area contributed by atoms with Gasteiger partial charge < -0.3 is 10.1 Å². The predicted octanol–water partition coefficient (Wildman–Crippen LogP) is 4.69. The minimum Gasteiger partial charge on any atom is -0.435 e. The molecule has 0 spiro atoms. The topological polar surface area (TPSA) is 51.2 Å². The zero-order valence-corrected chi connectivity index (χ0v) is 15.2. The molecule has 1 aromatic heterocycles. The SMILES string of the molecule is O=C(NCCc1ccc(OC(F)F)cc1)c1cc(C2CC2)nc2ccccc12. The Balaban J connectivity index is 1.42. The number of pyridine rings is 1. The molecular weight excluding hydrogens is 362 g/mol. The highest BCUT2D eigenvalue weighted by Crippen LogP contribution is 2.40. The van der Waals surface area contributed by atoms with Gasteiger partial charge in [-0.25, -0.2) is 0 Å². The van der Waals surface area contributed by atoms with Gasteiger partial charge in [-0.2, -0.15) is 8.78 Å². The van der Waals surface area contributed by atoms with Crippen molar-refractivity contribution in [2.45, 2.75) is 31.8 Å². The summed E-state index contributed by atoms with van der Waals surface area (Å²) in [4.78, 5) is 17.5. The number of alkyl halides is 2.